The van der Waals surface area contributed by atoms with E-state index in [0.29, 0.717) is 17.9 Å². The van der Waals surface area contributed by atoms with Gasteiger partial charge >= 0.3 is 0 Å². The highest BCUT2D eigenvalue weighted by Gasteiger charge is 2.17. The smallest absolute Gasteiger partial charge is 0.279 e. The van der Waals surface area contributed by atoms with Gasteiger partial charge in [0, 0.05) is 10.7 Å². The Morgan fingerprint density at radius 3 is 2.89 bits per heavy atom. The Kier molecular flexibility index (Phi) is 3.84. The zero-order valence-electron chi connectivity index (χ0n) is 10.6. The summed E-state index contributed by atoms with van der Waals surface area (Å²) in [5.74, 6) is 0.125. The average Bonchev–Trinajstić information content (AvgIpc) is 2.74. The van der Waals surface area contributed by atoms with Crippen LogP contribution in [0.15, 0.2) is 16.7 Å². The minimum atomic E-state index is -0.369. The van der Waals surface area contributed by atoms with Gasteiger partial charge < -0.3 is 11.1 Å². The number of rotatable bonds is 3. The van der Waals surface area contributed by atoms with E-state index in [-0.39, 0.29) is 11.6 Å². The predicted octanol–water partition coefficient (Wildman–Crippen LogP) is 2.27. The standard InChI is InChI=1S/C12H14BrN5O/c1-3-8-9(14)10(18-17-8)12(19)16-11-6(2)4-7(13)5-15-11/h4-5H,3,14H2,1-2H3,(H,17,18)(H,15,16,19). The van der Waals surface area contributed by atoms with Crippen molar-refractivity contribution in [2.75, 3.05) is 11.1 Å². The lowest BCUT2D eigenvalue weighted by Gasteiger charge is -2.06. The number of aromatic nitrogens is 3. The van der Waals surface area contributed by atoms with E-state index in [9.17, 15) is 4.79 Å². The second-order valence-corrected chi connectivity index (χ2v) is 5.01. The Labute approximate surface area is 118 Å². The number of anilines is 2. The molecule has 2 aromatic rings. The van der Waals surface area contributed by atoms with E-state index >= 15 is 0 Å². The van der Waals surface area contributed by atoms with Crippen molar-refractivity contribution in [2.24, 2.45) is 0 Å². The fourth-order valence-corrected chi connectivity index (χ4v) is 2.11. The van der Waals surface area contributed by atoms with Crippen molar-refractivity contribution in [2.45, 2.75) is 20.3 Å². The number of halogens is 1. The summed E-state index contributed by atoms with van der Waals surface area (Å²) in [7, 11) is 0. The molecule has 0 aromatic carbocycles. The van der Waals surface area contributed by atoms with Gasteiger partial charge in [-0.05, 0) is 40.9 Å². The van der Waals surface area contributed by atoms with E-state index in [4.69, 9.17) is 5.73 Å². The molecule has 7 heteroatoms. The zero-order chi connectivity index (χ0) is 14.0. The predicted molar refractivity (Wildman–Crippen MR) is 77.0 cm³/mol. The molecule has 100 valence electrons. The number of nitrogen functional groups attached to an aromatic ring is 1. The van der Waals surface area contributed by atoms with Crippen molar-refractivity contribution in [3.8, 4) is 0 Å². The van der Waals surface area contributed by atoms with Crippen molar-refractivity contribution in [1.82, 2.24) is 15.2 Å². The third-order valence-electron chi connectivity index (χ3n) is 2.73. The zero-order valence-corrected chi connectivity index (χ0v) is 12.2. The number of H-pyrrole nitrogens is 1. The first-order valence-electron chi connectivity index (χ1n) is 5.79. The number of hydrogen-bond acceptors (Lipinski definition) is 4. The highest BCUT2D eigenvalue weighted by molar-refractivity contribution is 9.10. The van der Waals surface area contributed by atoms with Gasteiger partial charge in [0.1, 0.15) is 5.82 Å². The number of aromatic amines is 1. The van der Waals surface area contributed by atoms with Gasteiger partial charge in [-0.25, -0.2) is 4.98 Å². The summed E-state index contributed by atoms with van der Waals surface area (Å²) in [4.78, 5) is 16.2. The van der Waals surface area contributed by atoms with Crippen LogP contribution in [0.5, 0.6) is 0 Å². The number of carbonyl (C=O) groups is 1. The first-order valence-corrected chi connectivity index (χ1v) is 6.58. The lowest BCUT2D eigenvalue weighted by molar-refractivity contribution is 0.102. The van der Waals surface area contributed by atoms with Crippen LogP contribution in [-0.4, -0.2) is 21.1 Å². The summed E-state index contributed by atoms with van der Waals surface area (Å²) in [5, 5.41) is 9.38. The molecule has 0 atom stereocenters. The molecule has 0 fully saturated rings. The lowest BCUT2D eigenvalue weighted by atomic mass is 10.2. The molecular weight excluding hydrogens is 310 g/mol. The fraction of sp³-hybridized carbons (Fsp3) is 0.250. The van der Waals surface area contributed by atoms with Crippen LogP contribution in [0, 0.1) is 6.92 Å². The molecule has 0 aliphatic rings. The van der Waals surface area contributed by atoms with E-state index < -0.39 is 0 Å². The van der Waals surface area contributed by atoms with Gasteiger partial charge in [0.2, 0.25) is 0 Å². The second-order valence-electron chi connectivity index (χ2n) is 4.09. The molecule has 0 radical (unpaired) electrons. The number of nitrogens with zero attached hydrogens (tertiary/aromatic N) is 2. The summed E-state index contributed by atoms with van der Waals surface area (Å²) in [6, 6.07) is 1.87. The molecule has 0 unspecified atom stereocenters. The molecule has 1 amide bonds. The van der Waals surface area contributed by atoms with Crippen LogP contribution in [0.1, 0.15) is 28.7 Å². The molecule has 0 saturated heterocycles. The number of aryl methyl sites for hydroxylation is 2. The number of amides is 1. The molecule has 0 aliphatic heterocycles. The highest BCUT2D eigenvalue weighted by atomic mass is 79.9. The van der Waals surface area contributed by atoms with E-state index in [1.807, 2.05) is 19.9 Å². The maximum absolute atomic E-state index is 12.1. The van der Waals surface area contributed by atoms with E-state index in [1.165, 1.54) is 0 Å². The Bertz CT molecular complexity index is 623. The summed E-state index contributed by atoms with van der Waals surface area (Å²) < 4.78 is 0.857. The van der Waals surface area contributed by atoms with Gasteiger partial charge in [-0.2, -0.15) is 5.10 Å². The highest BCUT2D eigenvalue weighted by Crippen LogP contribution is 2.19. The lowest BCUT2D eigenvalue weighted by Crippen LogP contribution is -2.16. The van der Waals surface area contributed by atoms with Crippen molar-refractivity contribution < 1.29 is 4.79 Å². The third-order valence-corrected chi connectivity index (χ3v) is 3.16. The van der Waals surface area contributed by atoms with Crippen molar-refractivity contribution in [3.05, 3.63) is 33.7 Å². The normalized spacial score (nSPS) is 10.5. The number of hydrogen-bond donors (Lipinski definition) is 3. The first kappa shape index (κ1) is 13.5. The summed E-state index contributed by atoms with van der Waals surface area (Å²) in [6.07, 6.45) is 2.32. The summed E-state index contributed by atoms with van der Waals surface area (Å²) in [6.45, 7) is 3.80. The van der Waals surface area contributed by atoms with Gasteiger partial charge in [-0.15, -0.1) is 0 Å². The van der Waals surface area contributed by atoms with Gasteiger partial charge in [-0.3, -0.25) is 9.89 Å². The Balaban J connectivity index is 2.23. The number of carbonyl (C=O) groups excluding carboxylic acids is 1. The Morgan fingerprint density at radius 1 is 1.58 bits per heavy atom. The van der Waals surface area contributed by atoms with Crippen LogP contribution in [0.2, 0.25) is 0 Å². The number of pyridine rings is 1. The maximum atomic E-state index is 12.1. The van der Waals surface area contributed by atoms with Gasteiger partial charge in [0.05, 0.1) is 11.4 Å². The summed E-state index contributed by atoms with van der Waals surface area (Å²) >= 11 is 3.32. The molecule has 0 bridgehead atoms. The molecule has 4 N–H and O–H groups in total. The minimum absolute atomic E-state index is 0.195. The van der Waals surface area contributed by atoms with Crippen molar-refractivity contribution in [1.29, 1.82) is 0 Å². The van der Waals surface area contributed by atoms with E-state index in [1.54, 1.807) is 6.20 Å². The van der Waals surface area contributed by atoms with Crippen LogP contribution in [-0.2, 0) is 6.42 Å². The topological polar surface area (TPSA) is 96.7 Å². The van der Waals surface area contributed by atoms with Crippen LogP contribution >= 0.6 is 15.9 Å². The molecule has 6 nitrogen and oxygen atoms in total. The SMILES string of the molecule is CCc1[nH]nc(C(=O)Nc2ncc(Br)cc2C)c1N. The molecule has 0 aliphatic carbocycles. The molecule has 2 heterocycles. The van der Waals surface area contributed by atoms with Crippen molar-refractivity contribution >= 4 is 33.3 Å². The van der Waals surface area contributed by atoms with E-state index in [2.05, 4.69) is 36.4 Å². The second kappa shape index (κ2) is 5.40. The van der Waals surface area contributed by atoms with Gasteiger partial charge in [-0.1, -0.05) is 6.92 Å². The van der Waals surface area contributed by atoms with Crippen LogP contribution < -0.4 is 11.1 Å². The van der Waals surface area contributed by atoms with Crippen LogP contribution in [0.4, 0.5) is 11.5 Å². The largest absolute Gasteiger partial charge is 0.395 e. The summed E-state index contributed by atoms with van der Waals surface area (Å²) in [5.41, 5.74) is 8.04. The number of nitrogens with two attached hydrogens (primary N) is 1. The molecule has 0 saturated carbocycles. The van der Waals surface area contributed by atoms with Crippen LogP contribution in [0.3, 0.4) is 0 Å². The third kappa shape index (κ3) is 2.76. The minimum Gasteiger partial charge on any atom is -0.395 e. The Hall–Kier alpha value is -1.89. The average molecular weight is 324 g/mol. The molecule has 19 heavy (non-hydrogen) atoms. The molecule has 0 spiro atoms. The van der Waals surface area contributed by atoms with Gasteiger partial charge in [0.25, 0.3) is 5.91 Å². The van der Waals surface area contributed by atoms with Crippen molar-refractivity contribution in [3.63, 3.8) is 0 Å². The Morgan fingerprint density at radius 2 is 2.32 bits per heavy atom. The van der Waals surface area contributed by atoms with Crippen LogP contribution in [0.25, 0.3) is 0 Å². The first-order chi connectivity index (χ1) is 9.02. The monoisotopic (exact) mass is 323 g/mol. The molecule has 2 rings (SSSR count). The fourth-order valence-electron chi connectivity index (χ4n) is 1.67. The number of nitrogens with one attached hydrogen (secondary N) is 2. The van der Waals surface area contributed by atoms with E-state index in [0.717, 1.165) is 15.7 Å². The quantitative estimate of drug-likeness (QED) is 0.807. The molecule has 2 aromatic heterocycles. The van der Waals surface area contributed by atoms with Gasteiger partial charge in [0.15, 0.2) is 5.69 Å². The maximum Gasteiger partial charge on any atom is 0.279 e. The molecular formula is C12H14BrN5O.